The van der Waals surface area contributed by atoms with Crippen LogP contribution in [-0.2, 0) is 4.79 Å². The monoisotopic (exact) mass is 247 g/mol. The Kier molecular flexibility index (Phi) is 4.02. The van der Waals surface area contributed by atoms with E-state index >= 15 is 0 Å². The Balaban J connectivity index is 2.16. The van der Waals surface area contributed by atoms with Crippen LogP contribution in [0.4, 0.5) is 0 Å². The van der Waals surface area contributed by atoms with E-state index in [0.717, 1.165) is 12.0 Å². The molecule has 0 saturated carbocycles. The zero-order valence-electron chi connectivity index (χ0n) is 11.0. The number of rotatable bonds is 3. The van der Waals surface area contributed by atoms with Crippen molar-refractivity contribution in [3.8, 4) is 0 Å². The number of aliphatic hydroxyl groups is 1. The molecule has 0 aliphatic carbocycles. The molecule has 1 saturated heterocycles. The third kappa shape index (κ3) is 2.56. The minimum atomic E-state index is -0.364. The van der Waals surface area contributed by atoms with E-state index in [-0.39, 0.29) is 24.0 Å². The van der Waals surface area contributed by atoms with Crippen LogP contribution in [0.25, 0.3) is 0 Å². The van der Waals surface area contributed by atoms with Crippen molar-refractivity contribution in [2.45, 2.75) is 44.8 Å². The molecule has 0 spiro atoms. The zero-order chi connectivity index (χ0) is 13.1. The van der Waals surface area contributed by atoms with Crippen LogP contribution in [0.2, 0.25) is 0 Å². The molecule has 1 fully saturated rings. The molecule has 1 aromatic carbocycles. The van der Waals surface area contributed by atoms with Crippen LogP contribution in [-0.4, -0.2) is 34.6 Å². The lowest BCUT2D eigenvalue weighted by Gasteiger charge is -2.26. The lowest BCUT2D eigenvalue weighted by molar-refractivity contribution is -0.133. The number of benzene rings is 1. The minimum absolute atomic E-state index is 0.0843. The van der Waals surface area contributed by atoms with Crippen LogP contribution < -0.4 is 0 Å². The van der Waals surface area contributed by atoms with E-state index in [1.54, 1.807) is 0 Å². The third-order valence-corrected chi connectivity index (χ3v) is 3.74. The van der Waals surface area contributed by atoms with Gasteiger partial charge in [0.05, 0.1) is 12.0 Å². The molecule has 3 heteroatoms. The molecule has 18 heavy (non-hydrogen) atoms. The van der Waals surface area contributed by atoms with Gasteiger partial charge in [-0.05, 0) is 25.3 Å². The van der Waals surface area contributed by atoms with Gasteiger partial charge in [0.2, 0.25) is 5.91 Å². The van der Waals surface area contributed by atoms with E-state index in [1.807, 2.05) is 49.1 Å². The molecular weight excluding hydrogens is 226 g/mol. The first-order valence-corrected chi connectivity index (χ1v) is 6.67. The standard InChI is InChI=1S/C15H21NO2/c1-3-14(12-7-5-4-6-8-12)15(18)16-10-13(17)9-11(16)2/h4-8,11,13-14,17H,3,9-10H2,1-2H3/t11-,13+,14+/m1/s1. The van der Waals surface area contributed by atoms with Crippen molar-refractivity contribution in [2.75, 3.05) is 6.54 Å². The summed E-state index contributed by atoms with van der Waals surface area (Å²) >= 11 is 0. The molecule has 2 rings (SSSR count). The van der Waals surface area contributed by atoms with Crippen LogP contribution in [0.15, 0.2) is 30.3 Å². The Morgan fingerprint density at radius 1 is 1.44 bits per heavy atom. The number of carbonyl (C=O) groups excluding carboxylic acids is 1. The molecule has 1 aliphatic rings. The summed E-state index contributed by atoms with van der Waals surface area (Å²) in [5.74, 6) is 0.0618. The number of hydrogen-bond donors (Lipinski definition) is 1. The molecule has 1 N–H and O–H groups in total. The van der Waals surface area contributed by atoms with Gasteiger partial charge in [-0.25, -0.2) is 0 Å². The fourth-order valence-electron chi connectivity index (χ4n) is 2.75. The van der Waals surface area contributed by atoms with Gasteiger partial charge in [0.1, 0.15) is 0 Å². The molecule has 0 aromatic heterocycles. The SMILES string of the molecule is CC[C@H](C(=O)N1C[C@@H](O)C[C@H]1C)c1ccccc1. The van der Waals surface area contributed by atoms with Gasteiger partial charge in [0, 0.05) is 12.6 Å². The Hall–Kier alpha value is -1.35. The van der Waals surface area contributed by atoms with E-state index in [2.05, 4.69) is 0 Å². The van der Waals surface area contributed by atoms with Gasteiger partial charge in [-0.2, -0.15) is 0 Å². The van der Waals surface area contributed by atoms with E-state index in [1.165, 1.54) is 0 Å². The van der Waals surface area contributed by atoms with Gasteiger partial charge in [-0.15, -0.1) is 0 Å². The predicted molar refractivity (Wildman–Crippen MR) is 71.3 cm³/mol. The second-order valence-corrected chi connectivity index (χ2v) is 5.10. The fraction of sp³-hybridized carbons (Fsp3) is 0.533. The maximum Gasteiger partial charge on any atom is 0.230 e. The first kappa shape index (κ1) is 13.1. The second-order valence-electron chi connectivity index (χ2n) is 5.10. The number of amides is 1. The average Bonchev–Trinajstić information content (AvgIpc) is 2.70. The maximum absolute atomic E-state index is 12.5. The highest BCUT2D eigenvalue weighted by molar-refractivity contribution is 5.84. The summed E-state index contributed by atoms with van der Waals surface area (Å²) in [6, 6.07) is 10.0. The van der Waals surface area contributed by atoms with E-state index in [4.69, 9.17) is 0 Å². The Labute approximate surface area is 108 Å². The fourth-order valence-corrected chi connectivity index (χ4v) is 2.75. The van der Waals surface area contributed by atoms with Crippen molar-refractivity contribution in [1.29, 1.82) is 0 Å². The zero-order valence-corrected chi connectivity index (χ0v) is 11.0. The molecule has 1 heterocycles. The van der Waals surface area contributed by atoms with Gasteiger partial charge in [0.15, 0.2) is 0 Å². The van der Waals surface area contributed by atoms with Crippen LogP contribution in [0.5, 0.6) is 0 Å². The molecule has 0 unspecified atom stereocenters. The molecule has 0 radical (unpaired) electrons. The number of hydrogen-bond acceptors (Lipinski definition) is 2. The lowest BCUT2D eigenvalue weighted by Crippen LogP contribution is -2.37. The summed E-state index contributed by atoms with van der Waals surface area (Å²) < 4.78 is 0. The summed E-state index contributed by atoms with van der Waals surface area (Å²) in [7, 11) is 0. The normalized spacial score (nSPS) is 25.2. The van der Waals surface area contributed by atoms with E-state index in [0.29, 0.717) is 13.0 Å². The highest BCUT2D eigenvalue weighted by Crippen LogP contribution is 2.26. The topological polar surface area (TPSA) is 40.5 Å². The Morgan fingerprint density at radius 3 is 2.61 bits per heavy atom. The number of likely N-dealkylation sites (tertiary alicyclic amines) is 1. The average molecular weight is 247 g/mol. The first-order valence-electron chi connectivity index (χ1n) is 6.67. The van der Waals surface area contributed by atoms with Gasteiger partial charge in [0.25, 0.3) is 0 Å². The molecule has 98 valence electrons. The summed E-state index contributed by atoms with van der Waals surface area (Å²) in [5, 5.41) is 9.65. The van der Waals surface area contributed by atoms with Crippen molar-refractivity contribution in [3.05, 3.63) is 35.9 Å². The van der Waals surface area contributed by atoms with E-state index < -0.39 is 0 Å². The summed E-state index contributed by atoms with van der Waals surface area (Å²) in [6.07, 6.45) is 1.12. The van der Waals surface area contributed by atoms with Gasteiger partial charge < -0.3 is 10.0 Å². The number of aliphatic hydroxyl groups excluding tert-OH is 1. The highest BCUT2D eigenvalue weighted by Gasteiger charge is 2.34. The van der Waals surface area contributed by atoms with Crippen LogP contribution in [0, 0.1) is 0 Å². The second kappa shape index (κ2) is 5.53. The van der Waals surface area contributed by atoms with Crippen molar-refractivity contribution in [2.24, 2.45) is 0 Å². The van der Waals surface area contributed by atoms with Crippen molar-refractivity contribution >= 4 is 5.91 Å². The highest BCUT2D eigenvalue weighted by atomic mass is 16.3. The third-order valence-electron chi connectivity index (χ3n) is 3.74. The van der Waals surface area contributed by atoms with Gasteiger partial charge in [-0.3, -0.25) is 4.79 Å². The van der Waals surface area contributed by atoms with E-state index in [9.17, 15) is 9.90 Å². The summed E-state index contributed by atoms with van der Waals surface area (Å²) in [6.45, 7) is 4.52. The predicted octanol–water partition coefficient (Wildman–Crippen LogP) is 2.16. The van der Waals surface area contributed by atoms with Crippen molar-refractivity contribution < 1.29 is 9.90 Å². The molecule has 1 amide bonds. The van der Waals surface area contributed by atoms with Crippen molar-refractivity contribution in [1.82, 2.24) is 4.90 Å². The van der Waals surface area contributed by atoms with Crippen LogP contribution in [0.3, 0.4) is 0 Å². The quantitative estimate of drug-likeness (QED) is 0.889. The van der Waals surface area contributed by atoms with Gasteiger partial charge >= 0.3 is 0 Å². The van der Waals surface area contributed by atoms with Crippen molar-refractivity contribution in [3.63, 3.8) is 0 Å². The molecule has 3 atom stereocenters. The Morgan fingerprint density at radius 2 is 2.11 bits per heavy atom. The number of β-amino-alcohol motifs (C(OH)–C–C–N with tert-alkyl or cyclic N) is 1. The molecule has 1 aromatic rings. The molecule has 0 bridgehead atoms. The Bertz CT molecular complexity index is 404. The molecule has 1 aliphatic heterocycles. The molecule has 3 nitrogen and oxygen atoms in total. The molecular formula is C15H21NO2. The first-order chi connectivity index (χ1) is 8.63. The van der Waals surface area contributed by atoms with Gasteiger partial charge in [-0.1, -0.05) is 37.3 Å². The summed E-state index contributed by atoms with van der Waals surface area (Å²) in [4.78, 5) is 14.4. The largest absolute Gasteiger partial charge is 0.391 e. The number of carbonyl (C=O) groups is 1. The van der Waals surface area contributed by atoms with Crippen LogP contribution in [0.1, 0.15) is 38.2 Å². The lowest BCUT2D eigenvalue weighted by atomic mass is 9.95. The number of nitrogens with zero attached hydrogens (tertiary/aromatic N) is 1. The minimum Gasteiger partial charge on any atom is -0.391 e. The summed E-state index contributed by atoms with van der Waals surface area (Å²) in [5.41, 5.74) is 1.07. The maximum atomic E-state index is 12.5. The smallest absolute Gasteiger partial charge is 0.230 e. The van der Waals surface area contributed by atoms with Crippen LogP contribution >= 0.6 is 0 Å².